The molecule has 3 saturated heterocycles. The van der Waals surface area contributed by atoms with Crippen molar-refractivity contribution < 1.29 is 28.5 Å². The molecule has 4 aliphatic rings. The highest BCUT2D eigenvalue weighted by Crippen LogP contribution is 2.36. The number of aryl methyl sites for hydroxylation is 1. The number of nitrogens with zero attached hydrogens (tertiary/aromatic N) is 7. The van der Waals surface area contributed by atoms with Gasteiger partial charge in [-0.3, -0.25) is 4.79 Å². The fraction of sp³-hybridized carbons (Fsp3) is 0.465. The molecular formula is C43H49N7O6. The van der Waals surface area contributed by atoms with Crippen molar-refractivity contribution in [2.24, 2.45) is 0 Å². The van der Waals surface area contributed by atoms with Crippen molar-refractivity contribution in [2.75, 3.05) is 56.2 Å². The average molecular weight is 760 g/mol. The summed E-state index contributed by atoms with van der Waals surface area (Å²) in [6.45, 7) is 5.70. The molecule has 8 rings (SSSR count). The second-order valence-electron chi connectivity index (χ2n) is 15.1. The van der Waals surface area contributed by atoms with Gasteiger partial charge in [-0.05, 0) is 55.2 Å². The Morgan fingerprint density at radius 1 is 1.00 bits per heavy atom. The molecule has 13 heteroatoms. The van der Waals surface area contributed by atoms with E-state index < -0.39 is 12.1 Å². The molecular weight excluding hydrogens is 711 g/mol. The molecule has 4 aliphatic heterocycles. The minimum atomic E-state index is -0.436. The number of hydrogen-bond acceptors (Lipinski definition) is 11. The number of hydrogen-bond donors (Lipinski definition) is 0. The van der Waals surface area contributed by atoms with Crippen LogP contribution in [0.25, 0.3) is 10.8 Å². The number of fused-ring (bicyclic) bond motifs is 2. The van der Waals surface area contributed by atoms with Gasteiger partial charge in [-0.15, -0.1) is 0 Å². The first-order valence-electron chi connectivity index (χ1n) is 19.7. The van der Waals surface area contributed by atoms with E-state index in [1.165, 1.54) is 16.3 Å². The molecule has 4 aromatic rings. The zero-order valence-corrected chi connectivity index (χ0v) is 32.1. The number of rotatable bonds is 10. The monoisotopic (exact) mass is 759 g/mol. The Balaban J connectivity index is 1.07. The fourth-order valence-corrected chi connectivity index (χ4v) is 8.48. The predicted molar refractivity (Wildman–Crippen MR) is 210 cm³/mol. The molecule has 1 unspecified atom stereocenters. The van der Waals surface area contributed by atoms with Crippen LogP contribution in [0.5, 0.6) is 6.01 Å². The van der Waals surface area contributed by atoms with E-state index in [2.05, 4.69) is 59.2 Å². The number of likely N-dealkylation sites (tertiary alicyclic amines) is 1. The lowest BCUT2D eigenvalue weighted by Gasteiger charge is -2.42. The first-order chi connectivity index (χ1) is 27.4. The topological polar surface area (TPSA) is 134 Å². The number of amides is 2. The van der Waals surface area contributed by atoms with Crippen LogP contribution in [-0.4, -0.2) is 103 Å². The minimum absolute atomic E-state index is 0.00354. The molecule has 0 aliphatic carbocycles. The summed E-state index contributed by atoms with van der Waals surface area (Å²) in [5.41, 5.74) is 5.16. The molecule has 3 aromatic carbocycles. The first kappa shape index (κ1) is 37.5. The fourth-order valence-electron chi connectivity index (χ4n) is 8.48. The number of carbonyl (C=O) groups excluding carboxylic acids is 2. The molecule has 1 aromatic heterocycles. The minimum Gasteiger partial charge on any atom is -0.461 e. The summed E-state index contributed by atoms with van der Waals surface area (Å²) in [4.78, 5) is 44.2. The first-order valence-corrected chi connectivity index (χ1v) is 19.7. The van der Waals surface area contributed by atoms with Crippen molar-refractivity contribution in [3.8, 4) is 12.1 Å². The summed E-state index contributed by atoms with van der Waals surface area (Å²) in [6, 6.07) is 24.1. The van der Waals surface area contributed by atoms with E-state index in [-0.39, 0.29) is 56.4 Å². The Hall–Kier alpha value is -5.45. The molecule has 2 amide bonds. The SMILES string of the molecule is Cc1cccc2cccc(N3CCc4c(nc(OC[C@@H]5[C@H](OC6CCCCO6)CC(=O)N5C)nc4N4CCN(C(=O)OCc5ccccc5)[C@@H](CC#N)C4)C3)c12. The number of likely N-dealkylation sites (N-methyl/N-ethyl adjacent to an activating group) is 1. The summed E-state index contributed by atoms with van der Waals surface area (Å²) in [6.07, 6.45) is 2.81. The van der Waals surface area contributed by atoms with E-state index >= 15 is 0 Å². The molecule has 3 fully saturated rings. The normalized spacial score (nSPS) is 22.6. The lowest BCUT2D eigenvalue weighted by atomic mass is 9.99. The number of benzene rings is 3. The van der Waals surface area contributed by atoms with Crippen LogP contribution in [0.4, 0.5) is 16.3 Å². The number of piperazine rings is 1. The third-order valence-electron chi connectivity index (χ3n) is 11.5. The van der Waals surface area contributed by atoms with Gasteiger partial charge in [0.15, 0.2) is 6.29 Å². The molecule has 0 saturated carbocycles. The summed E-state index contributed by atoms with van der Waals surface area (Å²) >= 11 is 0. The van der Waals surface area contributed by atoms with Crippen LogP contribution in [0.1, 0.15) is 54.5 Å². The number of carbonyl (C=O) groups is 2. The summed E-state index contributed by atoms with van der Waals surface area (Å²) in [7, 11) is 1.78. The quantitative estimate of drug-likeness (QED) is 0.195. The van der Waals surface area contributed by atoms with Crippen molar-refractivity contribution in [3.05, 3.63) is 89.1 Å². The number of anilines is 2. The second kappa shape index (κ2) is 16.7. The third-order valence-corrected chi connectivity index (χ3v) is 11.5. The van der Waals surface area contributed by atoms with Crippen LogP contribution in [0.3, 0.4) is 0 Å². The molecule has 13 nitrogen and oxygen atoms in total. The van der Waals surface area contributed by atoms with E-state index in [4.69, 9.17) is 28.9 Å². The Labute approximate surface area is 327 Å². The Bertz CT molecular complexity index is 2080. The molecule has 4 atom stereocenters. The van der Waals surface area contributed by atoms with Gasteiger partial charge in [0.05, 0.1) is 49.3 Å². The van der Waals surface area contributed by atoms with Gasteiger partial charge >= 0.3 is 12.1 Å². The van der Waals surface area contributed by atoms with Crippen LogP contribution in [0, 0.1) is 18.3 Å². The average Bonchev–Trinajstić information content (AvgIpc) is 3.49. The molecule has 5 heterocycles. The van der Waals surface area contributed by atoms with Gasteiger partial charge in [0.1, 0.15) is 19.0 Å². The number of nitriles is 1. The van der Waals surface area contributed by atoms with Crippen molar-refractivity contribution in [2.45, 2.75) is 83.1 Å². The van der Waals surface area contributed by atoms with E-state index in [1.54, 1.807) is 16.8 Å². The number of aromatic nitrogens is 2. The van der Waals surface area contributed by atoms with E-state index in [0.717, 1.165) is 54.1 Å². The van der Waals surface area contributed by atoms with Crippen molar-refractivity contribution in [1.29, 1.82) is 5.26 Å². The van der Waals surface area contributed by atoms with Gasteiger partial charge in [0.2, 0.25) is 5.91 Å². The smallest absolute Gasteiger partial charge is 0.410 e. The third kappa shape index (κ3) is 7.94. The van der Waals surface area contributed by atoms with Crippen LogP contribution in [-0.2, 0) is 38.6 Å². The number of ether oxygens (including phenoxy) is 4. The van der Waals surface area contributed by atoms with Gasteiger partial charge in [-0.2, -0.15) is 15.2 Å². The summed E-state index contributed by atoms with van der Waals surface area (Å²) in [5.74, 6) is 0.745. The van der Waals surface area contributed by atoms with Crippen LogP contribution < -0.4 is 14.5 Å². The van der Waals surface area contributed by atoms with E-state index in [0.29, 0.717) is 39.2 Å². The molecule has 0 spiro atoms. The van der Waals surface area contributed by atoms with Crippen molar-refractivity contribution >= 4 is 34.3 Å². The van der Waals surface area contributed by atoms with Gasteiger partial charge in [0.25, 0.3) is 0 Å². The van der Waals surface area contributed by atoms with Gasteiger partial charge < -0.3 is 38.5 Å². The second-order valence-corrected chi connectivity index (χ2v) is 15.1. The van der Waals surface area contributed by atoms with Crippen LogP contribution in [0.2, 0.25) is 0 Å². The molecule has 292 valence electrons. The zero-order chi connectivity index (χ0) is 38.6. The van der Waals surface area contributed by atoms with Gasteiger partial charge in [-0.25, -0.2) is 4.79 Å². The maximum absolute atomic E-state index is 13.4. The maximum Gasteiger partial charge on any atom is 0.410 e. The molecule has 0 radical (unpaired) electrons. The Kier molecular flexibility index (Phi) is 11.2. The lowest BCUT2D eigenvalue weighted by molar-refractivity contribution is -0.193. The lowest BCUT2D eigenvalue weighted by Crippen LogP contribution is -2.55. The van der Waals surface area contributed by atoms with Crippen molar-refractivity contribution in [3.63, 3.8) is 0 Å². The largest absolute Gasteiger partial charge is 0.461 e. The summed E-state index contributed by atoms with van der Waals surface area (Å²) < 4.78 is 24.3. The molecule has 56 heavy (non-hydrogen) atoms. The molecule has 0 bridgehead atoms. The predicted octanol–water partition coefficient (Wildman–Crippen LogP) is 5.76. The van der Waals surface area contributed by atoms with E-state index in [1.807, 2.05) is 30.3 Å². The standard InChI is InChI=1S/C43H49N7O6/c1-29-10-8-13-31-14-9-15-35(40(29)31)48-20-18-33-34(26-48)45-42(54-28-36-37(24-38(51)47(36)2)56-39-16-6-7-23-53-39)46-41(33)49-21-22-50(32(25-49)17-19-44)43(52)55-27-30-11-4-3-5-12-30/h3-5,8-15,32,36-37,39H,6-7,16-18,20-28H2,1-2H3/t32-,36+,37+,39?/m0/s1. The summed E-state index contributed by atoms with van der Waals surface area (Å²) in [5, 5.41) is 12.3. The Morgan fingerprint density at radius 2 is 1.84 bits per heavy atom. The van der Waals surface area contributed by atoms with E-state index in [9.17, 15) is 14.9 Å². The van der Waals surface area contributed by atoms with Gasteiger partial charge in [0, 0.05) is 56.5 Å². The highest BCUT2D eigenvalue weighted by Gasteiger charge is 2.41. The van der Waals surface area contributed by atoms with Crippen LogP contribution in [0.15, 0.2) is 66.7 Å². The highest BCUT2D eigenvalue weighted by atomic mass is 16.7. The maximum atomic E-state index is 13.4. The molecule has 0 N–H and O–H groups in total. The zero-order valence-electron chi connectivity index (χ0n) is 32.1. The highest BCUT2D eigenvalue weighted by molar-refractivity contribution is 5.97. The Morgan fingerprint density at radius 3 is 2.64 bits per heavy atom. The van der Waals surface area contributed by atoms with Crippen molar-refractivity contribution in [1.82, 2.24) is 19.8 Å². The van der Waals surface area contributed by atoms with Crippen LogP contribution >= 0.6 is 0 Å². The van der Waals surface area contributed by atoms with Gasteiger partial charge in [-0.1, -0.05) is 60.7 Å².